The van der Waals surface area contributed by atoms with E-state index < -0.39 is 23.4 Å². The highest BCUT2D eigenvalue weighted by molar-refractivity contribution is 6.16. The first-order valence-electron chi connectivity index (χ1n) is 11.6. The summed E-state index contributed by atoms with van der Waals surface area (Å²) in [7, 11) is 1.57. The highest BCUT2D eigenvalue weighted by Crippen LogP contribution is 2.57. The summed E-state index contributed by atoms with van der Waals surface area (Å²) in [5.74, 6) is -0.934. The van der Waals surface area contributed by atoms with Gasteiger partial charge in [-0.15, -0.1) is 0 Å². The van der Waals surface area contributed by atoms with Crippen LogP contribution in [0.15, 0.2) is 78.9 Å². The van der Waals surface area contributed by atoms with Gasteiger partial charge in [0.15, 0.2) is 11.6 Å². The van der Waals surface area contributed by atoms with E-state index in [0.29, 0.717) is 17.0 Å². The summed E-state index contributed by atoms with van der Waals surface area (Å²) in [5.41, 5.74) is 2.42. The SMILES string of the molecule is COc1ccc(C(=O)[C@@H]2[C@H](C(C)=O)N3c4ccccc4C=C[C@H]3[C@@]23C(=O)Nc2ccccc23)cc1. The Morgan fingerprint density at radius 1 is 0.971 bits per heavy atom. The summed E-state index contributed by atoms with van der Waals surface area (Å²) in [5, 5.41) is 3.02. The average Bonchev–Trinajstić information content (AvgIpc) is 3.37. The molecule has 174 valence electrons. The number of methoxy groups -OCH3 is 1. The Kier molecular flexibility index (Phi) is 4.68. The van der Waals surface area contributed by atoms with Gasteiger partial charge in [0, 0.05) is 16.9 Å². The number of benzene rings is 3. The summed E-state index contributed by atoms with van der Waals surface area (Å²) in [6.45, 7) is 1.51. The lowest BCUT2D eigenvalue weighted by molar-refractivity contribution is -0.122. The zero-order valence-electron chi connectivity index (χ0n) is 19.4. The number of Topliss-reactive ketones (excluding diaryl/α,β-unsaturated/α-hetero) is 2. The fourth-order valence-electron chi connectivity index (χ4n) is 6.21. The van der Waals surface area contributed by atoms with E-state index in [1.165, 1.54) is 6.92 Å². The lowest BCUT2D eigenvalue weighted by Crippen LogP contribution is -2.51. The molecule has 0 aliphatic carbocycles. The van der Waals surface area contributed by atoms with Gasteiger partial charge in [0.2, 0.25) is 5.91 Å². The monoisotopic (exact) mass is 464 g/mol. The number of fused-ring (bicyclic) bond motifs is 6. The zero-order chi connectivity index (χ0) is 24.3. The van der Waals surface area contributed by atoms with Crippen molar-refractivity contribution in [1.29, 1.82) is 0 Å². The number of carbonyl (C=O) groups is 3. The van der Waals surface area contributed by atoms with Gasteiger partial charge < -0.3 is 15.0 Å². The first-order valence-corrected chi connectivity index (χ1v) is 11.6. The van der Waals surface area contributed by atoms with Crippen molar-refractivity contribution in [2.24, 2.45) is 5.92 Å². The first kappa shape index (κ1) is 21.4. The Balaban J connectivity index is 1.63. The van der Waals surface area contributed by atoms with Crippen LogP contribution in [0, 0.1) is 5.92 Å². The molecule has 0 radical (unpaired) electrons. The minimum Gasteiger partial charge on any atom is -0.497 e. The van der Waals surface area contributed by atoms with E-state index in [1.807, 2.05) is 65.6 Å². The molecule has 1 fully saturated rings. The summed E-state index contributed by atoms with van der Waals surface area (Å²) in [6, 6.07) is 20.8. The van der Waals surface area contributed by atoms with Crippen molar-refractivity contribution in [2.45, 2.75) is 24.4 Å². The maximum Gasteiger partial charge on any atom is 0.238 e. The van der Waals surface area contributed by atoms with Crippen LogP contribution in [0.25, 0.3) is 6.08 Å². The Hall–Kier alpha value is -4.19. The number of nitrogens with one attached hydrogen (secondary N) is 1. The Morgan fingerprint density at radius 3 is 2.43 bits per heavy atom. The number of ketones is 2. The topological polar surface area (TPSA) is 75.7 Å². The maximum atomic E-state index is 14.3. The van der Waals surface area contributed by atoms with E-state index >= 15 is 0 Å². The zero-order valence-corrected chi connectivity index (χ0v) is 19.4. The molecule has 0 bridgehead atoms. The molecule has 3 aliphatic heterocycles. The van der Waals surface area contributed by atoms with Crippen LogP contribution in [0.1, 0.15) is 28.4 Å². The van der Waals surface area contributed by atoms with Crippen molar-refractivity contribution >= 4 is 34.9 Å². The van der Waals surface area contributed by atoms with Gasteiger partial charge in [-0.25, -0.2) is 0 Å². The van der Waals surface area contributed by atoms with E-state index in [2.05, 4.69) is 5.32 Å². The van der Waals surface area contributed by atoms with E-state index in [-0.39, 0.29) is 17.5 Å². The molecule has 35 heavy (non-hydrogen) atoms. The second-order valence-corrected chi connectivity index (χ2v) is 9.26. The van der Waals surface area contributed by atoms with Gasteiger partial charge in [-0.1, -0.05) is 48.6 Å². The predicted octanol–water partition coefficient (Wildman–Crippen LogP) is 4.26. The van der Waals surface area contributed by atoms with Crippen molar-refractivity contribution in [3.63, 3.8) is 0 Å². The number of hydrogen-bond donors (Lipinski definition) is 1. The number of amides is 1. The fourth-order valence-corrected chi connectivity index (χ4v) is 6.21. The van der Waals surface area contributed by atoms with E-state index in [0.717, 1.165) is 16.8 Å². The third kappa shape index (κ3) is 2.80. The third-order valence-electron chi connectivity index (χ3n) is 7.62. The number of para-hydroxylation sites is 2. The molecule has 1 amide bonds. The summed E-state index contributed by atoms with van der Waals surface area (Å²) in [4.78, 5) is 43.6. The molecule has 0 unspecified atom stereocenters. The minimum atomic E-state index is -1.26. The molecule has 0 saturated carbocycles. The smallest absolute Gasteiger partial charge is 0.238 e. The average molecular weight is 465 g/mol. The number of hydrogen-bond acceptors (Lipinski definition) is 5. The van der Waals surface area contributed by atoms with Crippen LogP contribution >= 0.6 is 0 Å². The number of rotatable bonds is 4. The van der Waals surface area contributed by atoms with Crippen LogP contribution in [0.5, 0.6) is 5.75 Å². The highest BCUT2D eigenvalue weighted by atomic mass is 16.5. The largest absolute Gasteiger partial charge is 0.497 e. The minimum absolute atomic E-state index is 0.152. The number of anilines is 2. The summed E-state index contributed by atoms with van der Waals surface area (Å²) in [6.07, 6.45) is 3.96. The molecule has 4 atom stereocenters. The summed E-state index contributed by atoms with van der Waals surface area (Å²) >= 11 is 0. The van der Waals surface area contributed by atoms with E-state index in [1.54, 1.807) is 31.4 Å². The molecule has 3 aliphatic rings. The molecule has 1 N–H and O–H groups in total. The maximum absolute atomic E-state index is 14.3. The molecule has 6 rings (SSSR count). The Bertz CT molecular complexity index is 1410. The molecule has 1 spiro atoms. The quantitative estimate of drug-likeness (QED) is 0.584. The standard InChI is InChI=1S/C29H24N2O4/c1-17(32)26-25(27(33)19-11-14-20(35-2)15-12-19)29(21-8-4-5-9-22(21)30-28(29)34)24-16-13-18-7-3-6-10-23(18)31(24)26/h3-16,24-26H,1-2H3,(H,30,34)/t24-,25-,26-,29+/m0/s1. The van der Waals surface area contributed by atoms with Crippen LogP contribution < -0.4 is 15.0 Å². The Labute approximate surface area is 203 Å². The number of ether oxygens (including phenoxy) is 1. The van der Waals surface area contributed by atoms with Gasteiger partial charge in [0.25, 0.3) is 0 Å². The number of carbonyl (C=O) groups excluding carboxylic acids is 3. The van der Waals surface area contributed by atoms with Gasteiger partial charge in [-0.05, 0) is 54.4 Å². The van der Waals surface area contributed by atoms with Crippen molar-refractivity contribution in [1.82, 2.24) is 0 Å². The van der Waals surface area contributed by atoms with E-state index in [9.17, 15) is 14.4 Å². The molecule has 6 heteroatoms. The van der Waals surface area contributed by atoms with Crippen LogP contribution in [-0.2, 0) is 15.0 Å². The second-order valence-electron chi connectivity index (χ2n) is 9.26. The molecule has 1 saturated heterocycles. The number of nitrogens with zero attached hydrogens (tertiary/aromatic N) is 1. The normalized spacial score (nSPS) is 25.6. The van der Waals surface area contributed by atoms with Crippen molar-refractivity contribution in [2.75, 3.05) is 17.3 Å². The van der Waals surface area contributed by atoms with Gasteiger partial charge in [0.05, 0.1) is 25.1 Å². The molecular weight excluding hydrogens is 440 g/mol. The molecule has 3 aromatic rings. The molecule has 0 aromatic heterocycles. The first-order chi connectivity index (χ1) is 17.0. The van der Waals surface area contributed by atoms with Crippen molar-refractivity contribution in [3.05, 3.63) is 95.6 Å². The lowest BCUT2D eigenvalue weighted by Gasteiger charge is -2.37. The van der Waals surface area contributed by atoms with Crippen molar-refractivity contribution < 1.29 is 19.1 Å². The Morgan fingerprint density at radius 2 is 1.69 bits per heavy atom. The van der Waals surface area contributed by atoms with Gasteiger partial charge in [0.1, 0.15) is 11.2 Å². The van der Waals surface area contributed by atoms with Crippen LogP contribution in [0.3, 0.4) is 0 Å². The third-order valence-corrected chi connectivity index (χ3v) is 7.62. The van der Waals surface area contributed by atoms with E-state index in [4.69, 9.17) is 4.74 Å². The predicted molar refractivity (Wildman–Crippen MR) is 134 cm³/mol. The molecular formula is C29H24N2O4. The second kappa shape index (κ2) is 7.67. The van der Waals surface area contributed by atoms with Gasteiger partial charge in [-0.2, -0.15) is 0 Å². The summed E-state index contributed by atoms with van der Waals surface area (Å²) < 4.78 is 5.26. The highest BCUT2D eigenvalue weighted by Gasteiger charge is 2.69. The molecule has 3 heterocycles. The molecule has 6 nitrogen and oxygen atoms in total. The lowest BCUT2D eigenvalue weighted by atomic mass is 9.64. The van der Waals surface area contributed by atoms with Gasteiger partial charge >= 0.3 is 0 Å². The fraction of sp³-hybridized carbons (Fsp3) is 0.207. The van der Waals surface area contributed by atoms with Crippen LogP contribution in [0.2, 0.25) is 0 Å². The van der Waals surface area contributed by atoms with Crippen molar-refractivity contribution in [3.8, 4) is 5.75 Å². The van der Waals surface area contributed by atoms with Gasteiger partial charge in [-0.3, -0.25) is 14.4 Å². The van der Waals surface area contributed by atoms with Crippen LogP contribution in [0.4, 0.5) is 11.4 Å². The van der Waals surface area contributed by atoms with Crippen LogP contribution in [-0.4, -0.2) is 36.7 Å². The molecule has 3 aromatic carbocycles.